The molecule has 0 spiro atoms. The van der Waals surface area contributed by atoms with Crippen LogP contribution in [0, 0.1) is 6.92 Å². The largest absolute Gasteiger partial charge is 0.392 e. The van der Waals surface area contributed by atoms with Crippen LogP contribution in [0.3, 0.4) is 0 Å². The number of aryl methyl sites for hydroxylation is 1. The molecule has 0 aliphatic rings. The van der Waals surface area contributed by atoms with Crippen LogP contribution in [0.25, 0.3) is 5.69 Å². The first kappa shape index (κ1) is 12.4. The molecule has 0 aliphatic heterocycles. The third-order valence-electron chi connectivity index (χ3n) is 2.15. The first-order chi connectivity index (χ1) is 7.81. The number of hydrogen-bond acceptors (Lipinski definition) is 3. The van der Waals surface area contributed by atoms with Crippen LogP contribution in [-0.4, -0.2) is 20.1 Å². The molecule has 0 bridgehead atoms. The van der Waals surface area contributed by atoms with Crippen molar-refractivity contribution in [1.82, 2.24) is 15.0 Å². The van der Waals surface area contributed by atoms with Crippen molar-refractivity contribution in [2.45, 2.75) is 27.4 Å². The smallest absolute Gasteiger partial charge is 0.0860 e. The summed E-state index contributed by atoms with van der Waals surface area (Å²) in [4.78, 5) is 1.53. The van der Waals surface area contributed by atoms with E-state index in [-0.39, 0.29) is 6.61 Å². The molecule has 0 saturated heterocycles. The summed E-state index contributed by atoms with van der Waals surface area (Å²) < 4.78 is 0. The Morgan fingerprint density at radius 3 is 2.38 bits per heavy atom. The molecule has 0 aliphatic carbocycles. The van der Waals surface area contributed by atoms with Crippen molar-refractivity contribution in [1.29, 1.82) is 0 Å². The quantitative estimate of drug-likeness (QED) is 0.841. The van der Waals surface area contributed by atoms with E-state index >= 15 is 0 Å². The standard InChI is InChI=1S/C10H11N3O.C2H6/c1-8-2-3-10(6-9(8)7-14)13-11-4-5-12-13;1-2/h2-6,14H,7H2,1H3;1-2H3. The predicted octanol–water partition coefficient (Wildman–Crippen LogP) is 2.09. The molecule has 1 N–H and O–H groups in total. The summed E-state index contributed by atoms with van der Waals surface area (Å²) in [5.74, 6) is 0. The van der Waals surface area contributed by atoms with E-state index in [9.17, 15) is 0 Å². The minimum Gasteiger partial charge on any atom is -0.392 e. The van der Waals surface area contributed by atoms with Crippen LogP contribution in [0.4, 0.5) is 0 Å². The molecule has 1 heterocycles. The van der Waals surface area contributed by atoms with Crippen LogP contribution in [-0.2, 0) is 6.61 Å². The maximum atomic E-state index is 9.09. The van der Waals surface area contributed by atoms with Gasteiger partial charge < -0.3 is 5.11 Å². The van der Waals surface area contributed by atoms with E-state index in [4.69, 9.17) is 5.11 Å². The maximum absolute atomic E-state index is 9.09. The van der Waals surface area contributed by atoms with Gasteiger partial charge in [-0.2, -0.15) is 15.0 Å². The molecular formula is C12H17N3O. The van der Waals surface area contributed by atoms with Crippen LogP contribution in [0.15, 0.2) is 30.6 Å². The second-order valence-corrected chi connectivity index (χ2v) is 3.09. The van der Waals surface area contributed by atoms with Crippen molar-refractivity contribution in [3.63, 3.8) is 0 Å². The number of aliphatic hydroxyl groups is 1. The first-order valence-corrected chi connectivity index (χ1v) is 5.38. The van der Waals surface area contributed by atoms with E-state index in [2.05, 4.69) is 10.2 Å². The molecular weight excluding hydrogens is 202 g/mol. The first-order valence-electron chi connectivity index (χ1n) is 5.38. The summed E-state index contributed by atoms with van der Waals surface area (Å²) in [6.07, 6.45) is 3.25. The molecule has 2 rings (SSSR count). The number of aliphatic hydroxyl groups excluding tert-OH is 1. The lowest BCUT2D eigenvalue weighted by Gasteiger charge is -2.05. The molecule has 4 nitrogen and oxygen atoms in total. The van der Waals surface area contributed by atoms with Gasteiger partial charge in [-0.1, -0.05) is 19.9 Å². The fourth-order valence-electron chi connectivity index (χ4n) is 1.30. The minimum atomic E-state index is 0.0426. The molecule has 0 amide bonds. The van der Waals surface area contributed by atoms with Gasteiger partial charge in [-0.05, 0) is 30.2 Å². The van der Waals surface area contributed by atoms with Crippen molar-refractivity contribution < 1.29 is 5.11 Å². The van der Waals surface area contributed by atoms with E-state index in [1.165, 1.54) is 4.80 Å². The highest BCUT2D eigenvalue weighted by atomic mass is 16.3. The van der Waals surface area contributed by atoms with Crippen LogP contribution in [0.1, 0.15) is 25.0 Å². The molecule has 0 saturated carbocycles. The number of nitrogens with zero attached hydrogens (tertiary/aromatic N) is 3. The molecule has 1 aromatic heterocycles. The van der Waals surface area contributed by atoms with Crippen LogP contribution in [0.5, 0.6) is 0 Å². The van der Waals surface area contributed by atoms with Crippen LogP contribution >= 0.6 is 0 Å². The molecule has 0 atom stereocenters. The van der Waals surface area contributed by atoms with Crippen LogP contribution < -0.4 is 0 Å². The number of benzene rings is 1. The lowest BCUT2D eigenvalue weighted by Crippen LogP contribution is -2.00. The third-order valence-corrected chi connectivity index (χ3v) is 2.15. The van der Waals surface area contributed by atoms with Crippen molar-refractivity contribution in [2.75, 3.05) is 0 Å². The molecule has 2 aromatic rings. The highest BCUT2D eigenvalue weighted by Crippen LogP contribution is 2.13. The normalized spacial score (nSPS) is 9.50. The highest BCUT2D eigenvalue weighted by molar-refractivity contribution is 5.38. The van der Waals surface area contributed by atoms with Crippen molar-refractivity contribution in [3.05, 3.63) is 41.7 Å². The van der Waals surface area contributed by atoms with Gasteiger partial charge in [-0.25, -0.2) is 0 Å². The Balaban J connectivity index is 0.000000606. The van der Waals surface area contributed by atoms with Crippen molar-refractivity contribution in [2.24, 2.45) is 0 Å². The Morgan fingerprint density at radius 2 is 1.81 bits per heavy atom. The van der Waals surface area contributed by atoms with Gasteiger partial charge in [0, 0.05) is 0 Å². The average Bonchev–Trinajstić information content (AvgIpc) is 2.86. The maximum Gasteiger partial charge on any atom is 0.0860 e. The summed E-state index contributed by atoms with van der Waals surface area (Å²) in [5, 5.41) is 17.1. The van der Waals surface area contributed by atoms with Gasteiger partial charge in [0.1, 0.15) is 0 Å². The molecule has 0 unspecified atom stereocenters. The SMILES string of the molecule is CC.Cc1ccc(-n2nccn2)cc1CO. The van der Waals surface area contributed by atoms with Gasteiger partial charge in [0.2, 0.25) is 0 Å². The molecule has 16 heavy (non-hydrogen) atoms. The predicted molar refractivity (Wildman–Crippen MR) is 63.4 cm³/mol. The topological polar surface area (TPSA) is 50.9 Å². The zero-order valence-electron chi connectivity index (χ0n) is 9.88. The monoisotopic (exact) mass is 219 g/mol. The fourth-order valence-corrected chi connectivity index (χ4v) is 1.30. The second kappa shape index (κ2) is 6.02. The third kappa shape index (κ3) is 2.67. The number of hydrogen-bond donors (Lipinski definition) is 1. The molecule has 0 radical (unpaired) electrons. The zero-order valence-corrected chi connectivity index (χ0v) is 9.88. The van der Waals surface area contributed by atoms with E-state index in [1.54, 1.807) is 12.4 Å². The minimum absolute atomic E-state index is 0.0426. The average molecular weight is 219 g/mol. The number of aromatic nitrogens is 3. The van der Waals surface area contributed by atoms with Crippen LogP contribution in [0.2, 0.25) is 0 Å². The summed E-state index contributed by atoms with van der Waals surface area (Å²) >= 11 is 0. The molecule has 1 aromatic carbocycles. The summed E-state index contributed by atoms with van der Waals surface area (Å²) in [7, 11) is 0. The summed E-state index contributed by atoms with van der Waals surface area (Å²) in [5.41, 5.74) is 2.84. The molecule has 0 fully saturated rings. The van der Waals surface area contributed by atoms with E-state index in [0.717, 1.165) is 16.8 Å². The van der Waals surface area contributed by atoms with Gasteiger partial charge in [-0.15, -0.1) is 0 Å². The second-order valence-electron chi connectivity index (χ2n) is 3.09. The summed E-state index contributed by atoms with van der Waals surface area (Å²) in [6, 6.07) is 5.76. The van der Waals surface area contributed by atoms with E-state index in [1.807, 2.05) is 39.0 Å². The Kier molecular flexibility index (Phi) is 4.66. The Hall–Kier alpha value is -1.68. The molecule has 86 valence electrons. The summed E-state index contributed by atoms with van der Waals surface area (Å²) in [6.45, 7) is 6.01. The Morgan fingerprint density at radius 1 is 1.19 bits per heavy atom. The van der Waals surface area contributed by atoms with Gasteiger partial charge in [0.25, 0.3) is 0 Å². The van der Waals surface area contributed by atoms with Gasteiger partial charge in [0.05, 0.1) is 24.7 Å². The van der Waals surface area contributed by atoms with E-state index in [0.29, 0.717) is 0 Å². The van der Waals surface area contributed by atoms with Crippen molar-refractivity contribution >= 4 is 0 Å². The number of rotatable bonds is 2. The highest BCUT2D eigenvalue weighted by Gasteiger charge is 2.01. The Labute approximate surface area is 95.5 Å². The Bertz CT molecular complexity index is 424. The fraction of sp³-hybridized carbons (Fsp3) is 0.333. The van der Waals surface area contributed by atoms with Gasteiger partial charge >= 0.3 is 0 Å². The van der Waals surface area contributed by atoms with Gasteiger partial charge in [-0.3, -0.25) is 0 Å². The lowest BCUT2D eigenvalue weighted by atomic mass is 10.1. The zero-order chi connectivity index (χ0) is 12.0. The van der Waals surface area contributed by atoms with Crippen molar-refractivity contribution in [3.8, 4) is 5.69 Å². The lowest BCUT2D eigenvalue weighted by molar-refractivity contribution is 0.281. The van der Waals surface area contributed by atoms with Gasteiger partial charge in [0.15, 0.2) is 0 Å². The van der Waals surface area contributed by atoms with E-state index < -0.39 is 0 Å². The molecule has 4 heteroatoms.